The lowest BCUT2D eigenvalue weighted by molar-refractivity contribution is -0.127. The summed E-state index contributed by atoms with van der Waals surface area (Å²) in [4.78, 5) is 27.7. The Morgan fingerprint density at radius 2 is 1.63 bits per heavy atom. The predicted octanol–water partition coefficient (Wildman–Crippen LogP) is 3.59. The lowest BCUT2D eigenvalue weighted by Gasteiger charge is -2.40. The van der Waals surface area contributed by atoms with Crippen molar-refractivity contribution in [1.29, 1.82) is 5.41 Å². The highest BCUT2D eigenvalue weighted by atomic mass is 35.5. The number of likely N-dealkylation sites (tertiary alicyclic amines) is 1. The Labute approximate surface area is 219 Å². The molecule has 1 heterocycles. The maximum atomic E-state index is 13.7. The first-order valence-electron chi connectivity index (χ1n) is 13.6. The highest BCUT2D eigenvalue weighted by Gasteiger charge is 2.48. The van der Waals surface area contributed by atoms with Crippen molar-refractivity contribution in [1.82, 2.24) is 10.2 Å². The number of amidine groups is 1. The molecule has 1 saturated heterocycles. The van der Waals surface area contributed by atoms with Crippen LogP contribution in [0.5, 0.6) is 0 Å². The van der Waals surface area contributed by atoms with E-state index in [0.29, 0.717) is 17.8 Å². The zero-order valence-corrected chi connectivity index (χ0v) is 22.4. The van der Waals surface area contributed by atoms with Crippen molar-refractivity contribution in [3.63, 3.8) is 0 Å². The van der Waals surface area contributed by atoms with E-state index in [1.165, 1.54) is 0 Å². The Kier molecular flexibility index (Phi) is 8.91. The summed E-state index contributed by atoms with van der Waals surface area (Å²) in [6, 6.07) is 0.202. The maximum Gasteiger partial charge on any atom is 0.237 e. The van der Waals surface area contributed by atoms with Gasteiger partial charge in [0, 0.05) is 35.8 Å². The number of carbonyl (C=O) groups is 2. The lowest BCUT2D eigenvalue weighted by Crippen LogP contribution is -2.52. The first-order valence-corrected chi connectivity index (χ1v) is 14.5. The third-order valence-corrected chi connectivity index (χ3v) is 10.7. The van der Waals surface area contributed by atoms with Crippen LogP contribution in [0.25, 0.3) is 0 Å². The number of nitrogens with one attached hydrogen (secondary N) is 2. The summed E-state index contributed by atoms with van der Waals surface area (Å²) >= 11 is 12.8. The monoisotopic (exact) mass is 527 g/mol. The third kappa shape index (κ3) is 6.27. The Balaban J connectivity index is 1.43. The average Bonchev–Trinajstić information content (AvgIpc) is 3.18. The molecule has 0 bridgehead atoms. The van der Waals surface area contributed by atoms with Crippen LogP contribution in [0.2, 0.25) is 0 Å². The molecule has 4 rings (SSSR count). The van der Waals surface area contributed by atoms with Gasteiger partial charge in [0.15, 0.2) is 0 Å². The van der Waals surface area contributed by atoms with Crippen molar-refractivity contribution < 1.29 is 9.59 Å². The first-order chi connectivity index (χ1) is 16.6. The van der Waals surface area contributed by atoms with Gasteiger partial charge in [0.1, 0.15) is 0 Å². The molecule has 7 unspecified atom stereocenters. The minimum absolute atomic E-state index is 0.0110. The van der Waals surface area contributed by atoms with E-state index in [9.17, 15) is 9.59 Å². The molecule has 1 aliphatic heterocycles. The number of hydrogen-bond acceptors (Lipinski definition) is 4. The molecule has 6 N–H and O–H groups in total. The largest absolute Gasteiger partial charge is 0.387 e. The number of carbonyl (C=O) groups excluding carboxylic acids is 2. The zero-order chi connectivity index (χ0) is 25.3. The van der Waals surface area contributed by atoms with Crippen molar-refractivity contribution in [2.24, 2.45) is 41.1 Å². The van der Waals surface area contributed by atoms with Crippen LogP contribution in [0.1, 0.15) is 77.6 Å². The molecule has 0 aromatic rings. The first kappa shape index (κ1) is 27.0. The molecule has 198 valence electrons. The van der Waals surface area contributed by atoms with E-state index in [-0.39, 0.29) is 58.4 Å². The minimum Gasteiger partial charge on any atom is -0.387 e. The smallest absolute Gasteiger partial charge is 0.237 e. The molecular formula is C26H43Cl2N5O2. The van der Waals surface area contributed by atoms with Crippen molar-refractivity contribution in [2.45, 2.75) is 106 Å². The van der Waals surface area contributed by atoms with Crippen LogP contribution in [0.3, 0.4) is 0 Å². The predicted molar refractivity (Wildman–Crippen MR) is 141 cm³/mol. The van der Waals surface area contributed by atoms with Gasteiger partial charge in [-0.15, -0.1) is 23.2 Å². The van der Waals surface area contributed by atoms with Crippen LogP contribution in [-0.4, -0.2) is 58.0 Å². The van der Waals surface area contributed by atoms with E-state index in [1.807, 2.05) is 0 Å². The van der Waals surface area contributed by atoms with Gasteiger partial charge >= 0.3 is 0 Å². The van der Waals surface area contributed by atoms with Gasteiger partial charge < -0.3 is 16.8 Å². The van der Waals surface area contributed by atoms with Crippen molar-refractivity contribution in [3.05, 3.63) is 0 Å². The SMILES string of the molecule is C[C@H](NC(=O)C1CC2CCC(C(=N)N)CC2N1CC1CCC(C(N)=O)CC1)C1CCC(Cl)C(Cl)C1. The van der Waals surface area contributed by atoms with Gasteiger partial charge in [-0.3, -0.25) is 19.9 Å². The van der Waals surface area contributed by atoms with Gasteiger partial charge in [0.25, 0.3) is 0 Å². The van der Waals surface area contributed by atoms with E-state index < -0.39 is 0 Å². The standard InChI is InChI=1S/C26H43Cl2N5O2/c1-14(17-8-9-20(27)21(28)10-17)32-26(35)23-11-18-6-7-19(24(29)30)12-22(18)33(23)13-15-2-4-16(5-3-15)25(31)34/h14-23H,2-13H2,1H3,(H3,29,30)(H2,31,34)(H,32,35)/t14-,15?,16?,17?,18?,19?,20?,21?,22?,23?/m0/s1. The molecule has 4 fully saturated rings. The number of alkyl halides is 2. The highest BCUT2D eigenvalue weighted by Crippen LogP contribution is 2.43. The lowest BCUT2D eigenvalue weighted by atomic mass is 9.77. The number of rotatable bonds is 7. The summed E-state index contributed by atoms with van der Waals surface area (Å²) in [5, 5.41) is 11.3. The van der Waals surface area contributed by atoms with Gasteiger partial charge in [0.2, 0.25) is 11.8 Å². The Hall–Kier alpha value is -1.05. The number of primary amides is 1. The number of fused-ring (bicyclic) bond motifs is 1. The Morgan fingerprint density at radius 3 is 2.26 bits per heavy atom. The fourth-order valence-electron chi connectivity index (χ4n) is 7.28. The highest BCUT2D eigenvalue weighted by molar-refractivity contribution is 6.30. The molecule has 8 atom stereocenters. The van der Waals surface area contributed by atoms with Crippen molar-refractivity contribution >= 4 is 40.9 Å². The average molecular weight is 529 g/mol. The van der Waals surface area contributed by atoms with Crippen LogP contribution in [0, 0.1) is 35.0 Å². The summed E-state index contributed by atoms with van der Waals surface area (Å²) in [5.41, 5.74) is 11.5. The molecule has 4 aliphatic rings. The van der Waals surface area contributed by atoms with Crippen LogP contribution in [0.4, 0.5) is 0 Å². The fraction of sp³-hybridized carbons (Fsp3) is 0.885. The van der Waals surface area contributed by atoms with Gasteiger partial charge in [-0.25, -0.2) is 0 Å². The fourth-order valence-corrected chi connectivity index (χ4v) is 7.86. The quantitative estimate of drug-likeness (QED) is 0.229. The summed E-state index contributed by atoms with van der Waals surface area (Å²) in [7, 11) is 0. The summed E-state index contributed by atoms with van der Waals surface area (Å²) in [6.45, 7) is 2.97. The van der Waals surface area contributed by atoms with Crippen LogP contribution in [-0.2, 0) is 9.59 Å². The molecule has 0 aromatic carbocycles. The molecule has 0 radical (unpaired) electrons. The molecular weight excluding hydrogens is 485 g/mol. The second-order valence-electron chi connectivity index (χ2n) is 11.8. The number of hydrogen-bond donors (Lipinski definition) is 4. The number of nitrogens with two attached hydrogens (primary N) is 2. The summed E-state index contributed by atoms with van der Waals surface area (Å²) in [6.07, 6.45) is 10.0. The molecule has 7 nitrogen and oxygen atoms in total. The van der Waals surface area contributed by atoms with Crippen molar-refractivity contribution in [2.75, 3.05) is 6.54 Å². The van der Waals surface area contributed by atoms with E-state index in [4.69, 9.17) is 40.1 Å². The van der Waals surface area contributed by atoms with Gasteiger partial charge in [-0.2, -0.15) is 0 Å². The molecule has 3 aliphatic carbocycles. The number of halogens is 2. The van der Waals surface area contributed by atoms with Crippen molar-refractivity contribution in [3.8, 4) is 0 Å². The zero-order valence-electron chi connectivity index (χ0n) is 20.9. The van der Waals surface area contributed by atoms with E-state index in [1.54, 1.807) is 0 Å². The molecule has 3 saturated carbocycles. The van der Waals surface area contributed by atoms with Gasteiger partial charge in [-0.05, 0) is 95.3 Å². The number of nitrogens with zero attached hydrogens (tertiary/aromatic N) is 1. The maximum absolute atomic E-state index is 13.7. The molecule has 2 amide bonds. The second-order valence-corrected chi connectivity index (χ2v) is 12.9. The molecule has 0 spiro atoms. The van der Waals surface area contributed by atoms with E-state index in [0.717, 1.165) is 77.2 Å². The van der Waals surface area contributed by atoms with Crippen LogP contribution in [0.15, 0.2) is 0 Å². The normalized spacial score (nSPS) is 41.1. The summed E-state index contributed by atoms with van der Waals surface area (Å²) in [5.74, 6) is 1.59. The molecule has 0 aromatic heterocycles. The van der Waals surface area contributed by atoms with Crippen LogP contribution >= 0.6 is 23.2 Å². The third-order valence-electron chi connectivity index (χ3n) is 9.58. The number of amides is 2. The second kappa shape index (κ2) is 11.6. The minimum atomic E-state index is -0.185. The molecule has 35 heavy (non-hydrogen) atoms. The van der Waals surface area contributed by atoms with Gasteiger partial charge in [0.05, 0.1) is 17.3 Å². The summed E-state index contributed by atoms with van der Waals surface area (Å²) < 4.78 is 0. The van der Waals surface area contributed by atoms with Crippen LogP contribution < -0.4 is 16.8 Å². The molecule has 9 heteroatoms. The van der Waals surface area contributed by atoms with E-state index in [2.05, 4.69) is 17.1 Å². The van der Waals surface area contributed by atoms with E-state index >= 15 is 0 Å². The topological polar surface area (TPSA) is 125 Å². The Bertz CT molecular complexity index is 790. The Morgan fingerprint density at radius 1 is 0.943 bits per heavy atom. The van der Waals surface area contributed by atoms with Gasteiger partial charge in [-0.1, -0.05) is 0 Å².